The summed E-state index contributed by atoms with van der Waals surface area (Å²) in [4.78, 5) is 12.6. The van der Waals surface area contributed by atoms with Crippen molar-refractivity contribution in [2.75, 3.05) is 12.1 Å². The van der Waals surface area contributed by atoms with Crippen LogP contribution in [0.2, 0.25) is 0 Å². The summed E-state index contributed by atoms with van der Waals surface area (Å²) in [6, 6.07) is 20.7. The van der Waals surface area contributed by atoms with Gasteiger partial charge in [0.05, 0.1) is 0 Å². The summed E-state index contributed by atoms with van der Waals surface area (Å²) in [5, 5.41) is 14.2. The number of ether oxygens (including phenoxy) is 2. The van der Waals surface area contributed by atoms with Gasteiger partial charge in [-0.05, 0) is 23.6 Å². The van der Waals surface area contributed by atoms with Gasteiger partial charge in [-0.2, -0.15) is 5.26 Å². The van der Waals surface area contributed by atoms with E-state index in [2.05, 4.69) is 5.32 Å². The van der Waals surface area contributed by atoms with E-state index in [1.54, 1.807) is 18.2 Å². The van der Waals surface area contributed by atoms with Crippen LogP contribution in [0.3, 0.4) is 0 Å². The zero-order valence-electron chi connectivity index (χ0n) is 13.7. The molecule has 1 amide bonds. The zero-order chi connectivity index (χ0) is 17.9. The molecule has 3 aromatic carbocycles. The lowest BCUT2D eigenvalue weighted by Gasteiger charge is -2.08. The summed E-state index contributed by atoms with van der Waals surface area (Å²) >= 11 is 0. The van der Waals surface area contributed by atoms with Crippen LogP contribution in [0.15, 0.2) is 66.2 Å². The van der Waals surface area contributed by atoms with E-state index in [0.29, 0.717) is 22.7 Å². The SMILES string of the molecule is N#CC(=Cc1cccc2c1OCO2)C(=O)Nc1cccc2ccccc12. The van der Waals surface area contributed by atoms with Crippen molar-refractivity contribution in [2.45, 2.75) is 0 Å². The fourth-order valence-corrected chi connectivity index (χ4v) is 2.89. The number of hydrogen-bond acceptors (Lipinski definition) is 4. The van der Waals surface area contributed by atoms with E-state index < -0.39 is 5.91 Å². The van der Waals surface area contributed by atoms with E-state index in [-0.39, 0.29) is 12.4 Å². The van der Waals surface area contributed by atoms with Crippen molar-refractivity contribution in [3.63, 3.8) is 0 Å². The number of carbonyl (C=O) groups excluding carboxylic acids is 1. The van der Waals surface area contributed by atoms with Crippen LogP contribution in [0.25, 0.3) is 16.8 Å². The second-order valence-corrected chi connectivity index (χ2v) is 5.73. The molecule has 0 atom stereocenters. The molecule has 1 aliphatic heterocycles. The first-order valence-corrected chi connectivity index (χ1v) is 8.06. The van der Waals surface area contributed by atoms with Crippen molar-refractivity contribution in [1.29, 1.82) is 5.26 Å². The molecule has 0 saturated heterocycles. The van der Waals surface area contributed by atoms with Gasteiger partial charge in [0, 0.05) is 16.6 Å². The molecule has 0 unspecified atom stereocenters. The Kier molecular flexibility index (Phi) is 4.00. The molecule has 3 aromatic rings. The maximum Gasteiger partial charge on any atom is 0.266 e. The Hall–Kier alpha value is -3.78. The Labute approximate surface area is 150 Å². The summed E-state index contributed by atoms with van der Waals surface area (Å²) in [7, 11) is 0. The number of nitriles is 1. The average molecular weight is 342 g/mol. The lowest BCUT2D eigenvalue weighted by molar-refractivity contribution is -0.112. The Bertz CT molecular complexity index is 1070. The van der Waals surface area contributed by atoms with Gasteiger partial charge in [0.2, 0.25) is 6.79 Å². The summed E-state index contributed by atoms with van der Waals surface area (Å²) in [6.07, 6.45) is 1.51. The Morgan fingerprint density at radius 1 is 1.04 bits per heavy atom. The van der Waals surface area contributed by atoms with Gasteiger partial charge in [0.15, 0.2) is 11.5 Å². The monoisotopic (exact) mass is 342 g/mol. The molecule has 0 aromatic heterocycles. The average Bonchev–Trinajstić information content (AvgIpc) is 3.16. The number of fused-ring (bicyclic) bond motifs is 2. The molecule has 1 heterocycles. The molecule has 0 spiro atoms. The zero-order valence-corrected chi connectivity index (χ0v) is 13.7. The molecule has 5 nitrogen and oxygen atoms in total. The molecule has 0 aliphatic carbocycles. The molecular formula is C21H14N2O3. The highest BCUT2D eigenvalue weighted by molar-refractivity contribution is 6.13. The van der Waals surface area contributed by atoms with Gasteiger partial charge in [0.25, 0.3) is 5.91 Å². The van der Waals surface area contributed by atoms with Crippen LogP contribution in [-0.2, 0) is 4.79 Å². The van der Waals surface area contributed by atoms with Gasteiger partial charge in [-0.25, -0.2) is 0 Å². The van der Waals surface area contributed by atoms with Crippen LogP contribution in [0, 0.1) is 11.3 Å². The first-order valence-electron chi connectivity index (χ1n) is 8.06. The van der Waals surface area contributed by atoms with Gasteiger partial charge in [-0.1, -0.05) is 48.5 Å². The second-order valence-electron chi connectivity index (χ2n) is 5.73. The highest BCUT2D eigenvalue weighted by Gasteiger charge is 2.18. The highest BCUT2D eigenvalue weighted by Crippen LogP contribution is 2.36. The molecule has 126 valence electrons. The van der Waals surface area contributed by atoms with Crippen LogP contribution >= 0.6 is 0 Å². The normalized spacial score (nSPS) is 12.7. The third-order valence-corrected chi connectivity index (χ3v) is 4.13. The van der Waals surface area contributed by atoms with Gasteiger partial charge < -0.3 is 14.8 Å². The minimum atomic E-state index is -0.472. The number of rotatable bonds is 3. The maximum atomic E-state index is 12.6. The van der Waals surface area contributed by atoms with E-state index in [0.717, 1.165) is 10.8 Å². The second kappa shape index (κ2) is 6.61. The number of para-hydroxylation sites is 1. The fraction of sp³-hybridized carbons (Fsp3) is 0.0476. The standard InChI is InChI=1S/C21H14N2O3/c22-12-16(11-15-7-4-10-19-20(15)26-13-25-19)21(24)23-18-9-3-6-14-5-1-2-8-17(14)18/h1-11H,13H2,(H,23,24). The first kappa shape index (κ1) is 15.7. The minimum Gasteiger partial charge on any atom is -0.454 e. The van der Waals surface area contributed by atoms with Crippen LogP contribution in [0.4, 0.5) is 5.69 Å². The lowest BCUT2D eigenvalue weighted by Crippen LogP contribution is -2.13. The number of carbonyl (C=O) groups is 1. The van der Waals surface area contributed by atoms with E-state index in [1.807, 2.05) is 48.5 Å². The third kappa shape index (κ3) is 2.85. The molecule has 4 rings (SSSR count). The van der Waals surface area contributed by atoms with Gasteiger partial charge >= 0.3 is 0 Å². The number of amides is 1. The van der Waals surface area contributed by atoms with Crippen molar-refractivity contribution < 1.29 is 14.3 Å². The number of nitrogens with one attached hydrogen (secondary N) is 1. The molecule has 0 fully saturated rings. The van der Waals surface area contributed by atoms with Crippen LogP contribution < -0.4 is 14.8 Å². The van der Waals surface area contributed by atoms with Crippen molar-refractivity contribution in [3.05, 3.63) is 71.8 Å². The number of anilines is 1. The number of nitrogens with zero attached hydrogens (tertiary/aromatic N) is 1. The van der Waals surface area contributed by atoms with Crippen molar-refractivity contribution >= 4 is 28.4 Å². The van der Waals surface area contributed by atoms with Crippen molar-refractivity contribution in [2.24, 2.45) is 0 Å². The van der Waals surface area contributed by atoms with Crippen molar-refractivity contribution in [1.82, 2.24) is 0 Å². The molecule has 1 N–H and O–H groups in total. The predicted octanol–water partition coefficient (Wildman–Crippen LogP) is 4.11. The van der Waals surface area contributed by atoms with E-state index in [4.69, 9.17) is 9.47 Å². The van der Waals surface area contributed by atoms with Crippen LogP contribution in [-0.4, -0.2) is 12.7 Å². The molecule has 26 heavy (non-hydrogen) atoms. The van der Waals surface area contributed by atoms with Gasteiger partial charge in [-0.15, -0.1) is 0 Å². The Morgan fingerprint density at radius 3 is 2.73 bits per heavy atom. The molecule has 5 heteroatoms. The maximum absolute atomic E-state index is 12.6. The topological polar surface area (TPSA) is 71.3 Å². The van der Waals surface area contributed by atoms with Crippen LogP contribution in [0.1, 0.15) is 5.56 Å². The molecular weight excluding hydrogens is 328 g/mol. The summed E-state index contributed by atoms with van der Waals surface area (Å²) in [5.41, 5.74) is 1.28. The van der Waals surface area contributed by atoms with Gasteiger partial charge in [-0.3, -0.25) is 4.79 Å². The van der Waals surface area contributed by atoms with Gasteiger partial charge in [0.1, 0.15) is 11.6 Å². The minimum absolute atomic E-state index is 0.0122. The first-order chi connectivity index (χ1) is 12.8. The van der Waals surface area contributed by atoms with E-state index >= 15 is 0 Å². The smallest absolute Gasteiger partial charge is 0.266 e. The predicted molar refractivity (Wildman–Crippen MR) is 98.7 cm³/mol. The molecule has 0 saturated carbocycles. The summed E-state index contributed by atoms with van der Waals surface area (Å²) < 4.78 is 10.7. The molecule has 1 aliphatic rings. The third-order valence-electron chi connectivity index (χ3n) is 4.13. The Morgan fingerprint density at radius 2 is 1.85 bits per heavy atom. The quantitative estimate of drug-likeness (QED) is 0.574. The summed E-state index contributed by atoms with van der Waals surface area (Å²) in [5.74, 6) is 0.670. The van der Waals surface area contributed by atoms with E-state index in [1.165, 1.54) is 6.08 Å². The lowest BCUT2D eigenvalue weighted by atomic mass is 10.1. The van der Waals surface area contributed by atoms with E-state index in [9.17, 15) is 10.1 Å². The fourth-order valence-electron chi connectivity index (χ4n) is 2.89. The van der Waals surface area contributed by atoms with Crippen molar-refractivity contribution in [3.8, 4) is 17.6 Å². The number of benzene rings is 3. The molecule has 0 bridgehead atoms. The molecule has 0 radical (unpaired) electrons. The highest BCUT2D eigenvalue weighted by atomic mass is 16.7. The van der Waals surface area contributed by atoms with Crippen LogP contribution in [0.5, 0.6) is 11.5 Å². The summed E-state index contributed by atoms with van der Waals surface area (Å²) in [6.45, 7) is 0.129. The largest absolute Gasteiger partial charge is 0.454 e. The number of hydrogen-bond donors (Lipinski definition) is 1. The Balaban J connectivity index is 1.66.